The fourth-order valence-corrected chi connectivity index (χ4v) is 3.51. The summed E-state index contributed by atoms with van der Waals surface area (Å²) in [4.78, 5) is 2.36. The molecule has 1 heterocycles. The zero-order valence-corrected chi connectivity index (χ0v) is 10.5. The molecule has 1 saturated heterocycles. The van der Waals surface area contributed by atoms with Gasteiger partial charge in [-0.2, -0.15) is 0 Å². The van der Waals surface area contributed by atoms with Crippen molar-refractivity contribution < 1.29 is 8.42 Å². The third-order valence-electron chi connectivity index (χ3n) is 3.24. The minimum absolute atomic E-state index is 0.136. The van der Waals surface area contributed by atoms with Crippen LogP contribution in [0.2, 0.25) is 0 Å². The zero-order chi connectivity index (χ0) is 11.5. The van der Waals surface area contributed by atoms with Gasteiger partial charge in [0.2, 0.25) is 0 Å². The Hall–Kier alpha value is -0.130. The second kappa shape index (κ2) is 5.27. The molecule has 2 atom stereocenters. The highest BCUT2D eigenvalue weighted by Crippen LogP contribution is 2.24. The van der Waals surface area contributed by atoms with Gasteiger partial charge in [0, 0.05) is 12.8 Å². The Balaban J connectivity index is 2.53. The third kappa shape index (κ3) is 4.09. The highest BCUT2D eigenvalue weighted by atomic mass is 32.2. The summed E-state index contributed by atoms with van der Waals surface area (Å²) in [6, 6.07) is 0. The van der Waals surface area contributed by atoms with E-state index in [0.717, 1.165) is 26.1 Å². The van der Waals surface area contributed by atoms with Gasteiger partial charge >= 0.3 is 0 Å². The summed E-state index contributed by atoms with van der Waals surface area (Å²) < 4.78 is 22.5. The maximum atomic E-state index is 11.2. The molecule has 4 nitrogen and oxygen atoms in total. The van der Waals surface area contributed by atoms with Crippen LogP contribution in [0.4, 0.5) is 0 Å². The van der Waals surface area contributed by atoms with Gasteiger partial charge in [0.1, 0.15) is 9.84 Å². The van der Waals surface area contributed by atoms with Gasteiger partial charge in [0.25, 0.3) is 0 Å². The Labute approximate surface area is 92.7 Å². The van der Waals surface area contributed by atoms with E-state index in [2.05, 4.69) is 11.8 Å². The van der Waals surface area contributed by atoms with Crippen LogP contribution < -0.4 is 5.73 Å². The molecule has 0 aliphatic carbocycles. The molecule has 1 aliphatic rings. The molecule has 0 aromatic carbocycles. The van der Waals surface area contributed by atoms with E-state index in [1.165, 1.54) is 6.26 Å². The number of likely N-dealkylation sites (tertiary alicyclic amines) is 1. The average molecular weight is 234 g/mol. The first-order valence-corrected chi connectivity index (χ1v) is 7.62. The van der Waals surface area contributed by atoms with Crippen molar-refractivity contribution in [1.29, 1.82) is 0 Å². The number of sulfone groups is 1. The second-order valence-corrected chi connectivity index (χ2v) is 6.72. The van der Waals surface area contributed by atoms with Gasteiger partial charge < -0.3 is 10.6 Å². The van der Waals surface area contributed by atoms with Crippen molar-refractivity contribution in [2.24, 2.45) is 17.6 Å². The molecule has 90 valence electrons. The van der Waals surface area contributed by atoms with Gasteiger partial charge in [-0.15, -0.1) is 0 Å². The van der Waals surface area contributed by atoms with Crippen LogP contribution in [-0.2, 0) is 9.84 Å². The number of hydrogen-bond acceptors (Lipinski definition) is 4. The molecular weight excluding hydrogens is 212 g/mol. The fraction of sp³-hybridized carbons (Fsp3) is 1.00. The van der Waals surface area contributed by atoms with Crippen LogP contribution >= 0.6 is 0 Å². The monoisotopic (exact) mass is 234 g/mol. The Morgan fingerprint density at radius 2 is 2.20 bits per heavy atom. The van der Waals surface area contributed by atoms with Crippen molar-refractivity contribution in [2.75, 3.05) is 38.2 Å². The van der Waals surface area contributed by atoms with Crippen molar-refractivity contribution >= 4 is 9.84 Å². The van der Waals surface area contributed by atoms with E-state index in [9.17, 15) is 8.42 Å². The molecule has 15 heavy (non-hydrogen) atoms. The minimum atomic E-state index is -2.90. The first-order valence-electron chi connectivity index (χ1n) is 5.56. The van der Waals surface area contributed by atoms with Crippen LogP contribution in [0.1, 0.15) is 13.3 Å². The lowest BCUT2D eigenvalue weighted by Crippen LogP contribution is -2.32. The fourth-order valence-electron chi connectivity index (χ4n) is 2.32. The van der Waals surface area contributed by atoms with Gasteiger partial charge in [0.15, 0.2) is 0 Å². The summed E-state index contributed by atoms with van der Waals surface area (Å²) in [7, 11) is -2.90. The van der Waals surface area contributed by atoms with E-state index >= 15 is 0 Å². The van der Waals surface area contributed by atoms with Crippen LogP contribution in [0.5, 0.6) is 0 Å². The quantitative estimate of drug-likeness (QED) is 0.724. The molecule has 0 radical (unpaired) electrons. The van der Waals surface area contributed by atoms with Crippen LogP contribution in [0, 0.1) is 11.8 Å². The van der Waals surface area contributed by atoms with Gasteiger partial charge in [-0.3, -0.25) is 0 Å². The Bertz CT molecular complexity index is 290. The van der Waals surface area contributed by atoms with Crippen molar-refractivity contribution in [1.82, 2.24) is 4.90 Å². The van der Waals surface area contributed by atoms with Crippen LogP contribution in [0.3, 0.4) is 0 Å². The first kappa shape index (κ1) is 12.9. The topological polar surface area (TPSA) is 63.4 Å². The summed E-state index contributed by atoms with van der Waals surface area (Å²) in [5.41, 5.74) is 5.66. The van der Waals surface area contributed by atoms with E-state index in [4.69, 9.17) is 5.73 Å². The number of nitrogens with two attached hydrogens (primary N) is 1. The summed E-state index contributed by atoms with van der Waals surface area (Å²) in [5, 5.41) is 0. The highest BCUT2D eigenvalue weighted by molar-refractivity contribution is 7.90. The zero-order valence-electron chi connectivity index (χ0n) is 9.65. The lowest BCUT2D eigenvalue weighted by atomic mass is 9.93. The smallest absolute Gasteiger partial charge is 0.147 e. The predicted octanol–water partition coefficient (Wildman–Crippen LogP) is -0.0523. The molecule has 0 aromatic rings. The second-order valence-electron chi connectivity index (χ2n) is 4.53. The lowest BCUT2D eigenvalue weighted by Gasteiger charge is -2.21. The molecule has 2 unspecified atom stereocenters. The van der Waals surface area contributed by atoms with E-state index in [1.807, 2.05) is 0 Å². The van der Waals surface area contributed by atoms with E-state index in [-0.39, 0.29) is 11.7 Å². The normalized spacial score (nSPS) is 25.7. The SMILES string of the molecule is CCN1CCC(C(CN)CS(C)(=O)=O)C1. The summed E-state index contributed by atoms with van der Waals surface area (Å²) in [6.45, 7) is 5.76. The molecule has 0 amide bonds. The molecule has 2 N–H and O–H groups in total. The number of rotatable bonds is 5. The van der Waals surface area contributed by atoms with Crippen molar-refractivity contribution in [2.45, 2.75) is 13.3 Å². The molecule has 1 rings (SSSR count). The molecule has 1 aliphatic heterocycles. The van der Waals surface area contributed by atoms with Crippen LogP contribution in [-0.4, -0.2) is 51.5 Å². The molecule has 1 fully saturated rings. The van der Waals surface area contributed by atoms with Gasteiger partial charge in [-0.25, -0.2) is 8.42 Å². The van der Waals surface area contributed by atoms with E-state index < -0.39 is 9.84 Å². The molecular formula is C10H22N2O2S. The number of hydrogen-bond donors (Lipinski definition) is 1. The van der Waals surface area contributed by atoms with Gasteiger partial charge in [-0.1, -0.05) is 6.92 Å². The van der Waals surface area contributed by atoms with Crippen molar-refractivity contribution in [3.63, 3.8) is 0 Å². The average Bonchev–Trinajstić information content (AvgIpc) is 2.60. The van der Waals surface area contributed by atoms with Crippen molar-refractivity contribution in [3.05, 3.63) is 0 Å². The molecule has 0 saturated carbocycles. The molecule has 5 heteroatoms. The highest BCUT2D eigenvalue weighted by Gasteiger charge is 2.29. The van der Waals surface area contributed by atoms with Gasteiger partial charge in [0.05, 0.1) is 5.75 Å². The summed E-state index contributed by atoms with van der Waals surface area (Å²) in [6.07, 6.45) is 2.38. The lowest BCUT2D eigenvalue weighted by molar-refractivity contribution is 0.311. The van der Waals surface area contributed by atoms with E-state index in [0.29, 0.717) is 12.5 Å². The molecule has 0 spiro atoms. The minimum Gasteiger partial charge on any atom is -0.330 e. The number of nitrogens with zero attached hydrogens (tertiary/aromatic N) is 1. The Morgan fingerprint density at radius 3 is 2.60 bits per heavy atom. The standard InChI is InChI=1S/C10H22N2O2S/c1-3-12-5-4-9(7-12)10(6-11)8-15(2,13)14/h9-10H,3-8,11H2,1-2H3. The Kier molecular flexibility index (Phi) is 4.55. The van der Waals surface area contributed by atoms with Crippen LogP contribution in [0.25, 0.3) is 0 Å². The Morgan fingerprint density at radius 1 is 1.53 bits per heavy atom. The van der Waals surface area contributed by atoms with Crippen LogP contribution in [0.15, 0.2) is 0 Å². The summed E-state index contributed by atoms with van der Waals surface area (Å²) >= 11 is 0. The van der Waals surface area contributed by atoms with Crippen molar-refractivity contribution in [3.8, 4) is 0 Å². The largest absolute Gasteiger partial charge is 0.330 e. The molecule has 0 aromatic heterocycles. The van der Waals surface area contributed by atoms with Gasteiger partial charge in [-0.05, 0) is 37.9 Å². The maximum absolute atomic E-state index is 11.2. The molecule has 0 bridgehead atoms. The summed E-state index contributed by atoms with van der Waals surface area (Å²) in [5.74, 6) is 0.840. The first-order chi connectivity index (χ1) is 6.96. The van der Waals surface area contributed by atoms with E-state index in [1.54, 1.807) is 0 Å². The third-order valence-corrected chi connectivity index (χ3v) is 4.28. The predicted molar refractivity (Wildman–Crippen MR) is 62.5 cm³/mol. The maximum Gasteiger partial charge on any atom is 0.147 e.